The first-order valence-corrected chi connectivity index (χ1v) is 6.11. The molecule has 1 saturated heterocycles. The molecular weight excluding hydrogens is 216 g/mol. The van der Waals surface area contributed by atoms with E-state index in [4.69, 9.17) is 10.5 Å². The largest absolute Gasteiger partial charge is 0.378 e. The molecule has 2 rings (SSSR count). The van der Waals surface area contributed by atoms with Gasteiger partial charge in [0, 0.05) is 31.6 Å². The van der Waals surface area contributed by atoms with E-state index in [1.54, 1.807) is 0 Å². The van der Waals surface area contributed by atoms with Crippen LogP contribution in [0.5, 0.6) is 0 Å². The minimum Gasteiger partial charge on any atom is -0.378 e. The summed E-state index contributed by atoms with van der Waals surface area (Å²) < 4.78 is 5.35. The quantitative estimate of drug-likeness (QED) is 0.844. The Morgan fingerprint density at radius 2 is 2.06 bits per heavy atom. The van der Waals surface area contributed by atoms with E-state index in [1.807, 2.05) is 6.07 Å². The second kappa shape index (κ2) is 5.42. The maximum absolute atomic E-state index is 5.68. The Balaban J connectivity index is 2.28. The van der Waals surface area contributed by atoms with E-state index in [1.165, 1.54) is 0 Å². The molecule has 0 bridgehead atoms. The molecule has 0 aromatic carbocycles. The lowest BCUT2D eigenvalue weighted by Crippen LogP contribution is -2.37. The molecule has 1 fully saturated rings. The first-order chi connectivity index (χ1) is 8.20. The predicted molar refractivity (Wildman–Crippen MR) is 67.0 cm³/mol. The predicted octanol–water partition coefficient (Wildman–Crippen LogP) is 0.895. The summed E-state index contributed by atoms with van der Waals surface area (Å²) in [5, 5.41) is 0. The Labute approximate surface area is 102 Å². The Kier molecular flexibility index (Phi) is 3.91. The number of rotatable bonds is 3. The lowest BCUT2D eigenvalue weighted by atomic mass is 10.2. The van der Waals surface area contributed by atoms with Gasteiger partial charge < -0.3 is 15.4 Å². The Bertz CT molecular complexity index is 375. The van der Waals surface area contributed by atoms with Gasteiger partial charge in [0.2, 0.25) is 0 Å². The monoisotopic (exact) mass is 236 g/mol. The topological polar surface area (TPSA) is 64.3 Å². The first kappa shape index (κ1) is 12.3. The van der Waals surface area contributed by atoms with Crippen molar-refractivity contribution in [2.45, 2.75) is 26.3 Å². The number of hydrogen-bond donors (Lipinski definition) is 1. The maximum Gasteiger partial charge on any atom is 0.133 e. The van der Waals surface area contributed by atoms with Crippen molar-refractivity contribution in [3.05, 3.63) is 17.6 Å². The van der Waals surface area contributed by atoms with Crippen molar-refractivity contribution in [1.29, 1.82) is 0 Å². The Hall–Kier alpha value is -1.20. The third kappa shape index (κ3) is 2.92. The van der Waals surface area contributed by atoms with Gasteiger partial charge in [0.05, 0.1) is 18.9 Å². The normalized spacial score (nSPS) is 16.6. The number of hydrogen-bond acceptors (Lipinski definition) is 5. The fourth-order valence-corrected chi connectivity index (χ4v) is 1.82. The molecule has 1 aliphatic rings. The summed E-state index contributed by atoms with van der Waals surface area (Å²) >= 11 is 0. The average Bonchev–Trinajstić information content (AvgIpc) is 2.39. The highest BCUT2D eigenvalue weighted by molar-refractivity contribution is 5.40. The third-order valence-corrected chi connectivity index (χ3v) is 2.84. The summed E-state index contributed by atoms with van der Waals surface area (Å²) in [6.07, 6.45) is 0. The SMILES string of the molecule is CC(C)c1nc(CN)cc(N2CCOCC2)n1. The molecule has 0 atom stereocenters. The highest BCUT2D eigenvalue weighted by atomic mass is 16.5. The second-order valence-corrected chi connectivity index (χ2v) is 4.53. The Morgan fingerprint density at radius 1 is 1.35 bits per heavy atom. The van der Waals surface area contributed by atoms with Gasteiger partial charge in [-0.15, -0.1) is 0 Å². The van der Waals surface area contributed by atoms with Crippen LogP contribution in [-0.2, 0) is 11.3 Å². The molecular formula is C12H20N4O. The molecule has 0 aliphatic carbocycles. The van der Waals surface area contributed by atoms with Crippen LogP contribution in [-0.4, -0.2) is 36.3 Å². The van der Waals surface area contributed by atoms with Gasteiger partial charge in [-0.05, 0) is 0 Å². The number of anilines is 1. The number of nitrogens with zero attached hydrogens (tertiary/aromatic N) is 3. The summed E-state index contributed by atoms with van der Waals surface area (Å²) in [5.41, 5.74) is 6.59. The van der Waals surface area contributed by atoms with Crippen molar-refractivity contribution in [2.75, 3.05) is 31.2 Å². The van der Waals surface area contributed by atoms with Gasteiger partial charge >= 0.3 is 0 Å². The molecule has 5 heteroatoms. The molecule has 2 heterocycles. The van der Waals surface area contributed by atoms with Gasteiger partial charge in [0.1, 0.15) is 11.6 Å². The number of aromatic nitrogens is 2. The van der Waals surface area contributed by atoms with Crippen LogP contribution in [0.3, 0.4) is 0 Å². The zero-order valence-electron chi connectivity index (χ0n) is 10.5. The van der Waals surface area contributed by atoms with Crippen LogP contribution >= 0.6 is 0 Å². The summed E-state index contributed by atoms with van der Waals surface area (Å²) in [6, 6.07) is 1.98. The molecule has 94 valence electrons. The molecule has 0 amide bonds. The van der Waals surface area contributed by atoms with E-state index < -0.39 is 0 Å². The highest BCUT2D eigenvalue weighted by Gasteiger charge is 2.15. The number of morpholine rings is 1. The molecule has 0 spiro atoms. The van der Waals surface area contributed by atoms with Gasteiger partial charge in [-0.3, -0.25) is 0 Å². The molecule has 5 nitrogen and oxygen atoms in total. The first-order valence-electron chi connectivity index (χ1n) is 6.11. The van der Waals surface area contributed by atoms with Crippen molar-refractivity contribution in [3.63, 3.8) is 0 Å². The van der Waals surface area contributed by atoms with E-state index in [2.05, 4.69) is 28.7 Å². The fraction of sp³-hybridized carbons (Fsp3) is 0.667. The van der Waals surface area contributed by atoms with Crippen molar-refractivity contribution < 1.29 is 4.74 Å². The van der Waals surface area contributed by atoms with Crippen LogP contribution in [0, 0.1) is 0 Å². The highest BCUT2D eigenvalue weighted by Crippen LogP contribution is 2.18. The van der Waals surface area contributed by atoms with E-state index >= 15 is 0 Å². The molecule has 1 aromatic heterocycles. The van der Waals surface area contributed by atoms with Crippen LogP contribution < -0.4 is 10.6 Å². The van der Waals surface area contributed by atoms with Crippen LogP contribution in [0.15, 0.2) is 6.07 Å². The van der Waals surface area contributed by atoms with Gasteiger partial charge in [-0.2, -0.15) is 0 Å². The van der Waals surface area contributed by atoms with E-state index in [9.17, 15) is 0 Å². The number of ether oxygens (including phenoxy) is 1. The third-order valence-electron chi connectivity index (χ3n) is 2.84. The smallest absolute Gasteiger partial charge is 0.133 e. The lowest BCUT2D eigenvalue weighted by Gasteiger charge is -2.28. The van der Waals surface area contributed by atoms with Crippen LogP contribution in [0.25, 0.3) is 0 Å². The minimum atomic E-state index is 0.321. The van der Waals surface area contributed by atoms with Crippen LogP contribution in [0.1, 0.15) is 31.3 Å². The van der Waals surface area contributed by atoms with Crippen molar-refractivity contribution in [3.8, 4) is 0 Å². The van der Waals surface area contributed by atoms with Gasteiger partial charge in [0.15, 0.2) is 0 Å². The minimum absolute atomic E-state index is 0.321. The summed E-state index contributed by atoms with van der Waals surface area (Å²) in [4.78, 5) is 11.3. The van der Waals surface area contributed by atoms with Gasteiger partial charge in [-0.1, -0.05) is 13.8 Å². The van der Waals surface area contributed by atoms with Crippen molar-refractivity contribution >= 4 is 5.82 Å². The molecule has 17 heavy (non-hydrogen) atoms. The molecule has 0 unspecified atom stereocenters. The fourth-order valence-electron chi connectivity index (χ4n) is 1.82. The number of nitrogens with two attached hydrogens (primary N) is 1. The van der Waals surface area contributed by atoms with Crippen molar-refractivity contribution in [2.24, 2.45) is 5.73 Å². The average molecular weight is 236 g/mol. The van der Waals surface area contributed by atoms with Crippen molar-refractivity contribution in [1.82, 2.24) is 9.97 Å². The van der Waals surface area contributed by atoms with Crippen LogP contribution in [0.4, 0.5) is 5.82 Å². The van der Waals surface area contributed by atoms with Crippen LogP contribution in [0.2, 0.25) is 0 Å². The van der Waals surface area contributed by atoms with E-state index in [0.717, 1.165) is 43.6 Å². The zero-order valence-corrected chi connectivity index (χ0v) is 10.5. The second-order valence-electron chi connectivity index (χ2n) is 4.53. The van der Waals surface area contributed by atoms with Gasteiger partial charge in [0.25, 0.3) is 0 Å². The standard InChI is InChI=1S/C12H20N4O/c1-9(2)12-14-10(8-13)7-11(15-12)16-3-5-17-6-4-16/h7,9H,3-6,8,13H2,1-2H3. The summed E-state index contributed by atoms with van der Waals surface area (Å²) in [7, 11) is 0. The molecule has 0 saturated carbocycles. The molecule has 2 N–H and O–H groups in total. The lowest BCUT2D eigenvalue weighted by molar-refractivity contribution is 0.122. The van der Waals surface area contributed by atoms with Gasteiger partial charge in [-0.25, -0.2) is 9.97 Å². The summed E-state index contributed by atoms with van der Waals surface area (Å²) in [5.74, 6) is 2.17. The van der Waals surface area contributed by atoms with E-state index in [-0.39, 0.29) is 0 Å². The molecule has 1 aromatic rings. The zero-order chi connectivity index (χ0) is 12.3. The van der Waals surface area contributed by atoms with E-state index in [0.29, 0.717) is 12.5 Å². The molecule has 0 radical (unpaired) electrons. The molecule has 1 aliphatic heterocycles. The summed E-state index contributed by atoms with van der Waals surface area (Å²) in [6.45, 7) is 7.95. The Morgan fingerprint density at radius 3 is 2.65 bits per heavy atom. The maximum atomic E-state index is 5.68.